The van der Waals surface area contributed by atoms with Crippen LogP contribution in [0, 0.1) is 0 Å². The summed E-state index contributed by atoms with van der Waals surface area (Å²) in [5.41, 5.74) is -0.159. The standard InChI is InChI=1S/C14H15ClF3NO5/c1-3-24-11-8(15)4-7(5-10(11)23-2)12(20)19-9(13(21)22)6-14(16,17)18/h4-5,9H,3,6H2,1-2H3,(H,19,20)(H,21,22). The number of halogens is 4. The molecular formula is C14H15ClF3NO5. The van der Waals surface area contributed by atoms with E-state index in [0.717, 1.165) is 6.07 Å². The minimum absolute atomic E-state index is 0.00375. The monoisotopic (exact) mass is 369 g/mol. The molecular weight excluding hydrogens is 355 g/mol. The molecule has 2 N–H and O–H groups in total. The van der Waals surface area contributed by atoms with Crippen molar-refractivity contribution in [2.45, 2.75) is 25.6 Å². The third kappa shape index (κ3) is 5.48. The molecule has 0 fully saturated rings. The van der Waals surface area contributed by atoms with Gasteiger partial charge < -0.3 is 19.9 Å². The van der Waals surface area contributed by atoms with Gasteiger partial charge in [0.2, 0.25) is 0 Å². The summed E-state index contributed by atoms with van der Waals surface area (Å²) in [6.07, 6.45) is -6.44. The van der Waals surface area contributed by atoms with Crippen LogP contribution in [0.5, 0.6) is 11.5 Å². The van der Waals surface area contributed by atoms with Crippen LogP contribution in [0.15, 0.2) is 12.1 Å². The van der Waals surface area contributed by atoms with Gasteiger partial charge in [-0.15, -0.1) is 0 Å². The number of hydrogen-bond acceptors (Lipinski definition) is 4. The van der Waals surface area contributed by atoms with Crippen LogP contribution in [0.2, 0.25) is 5.02 Å². The van der Waals surface area contributed by atoms with Crippen LogP contribution < -0.4 is 14.8 Å². The number of methoxy groups -OCH3 is 1. The number of hydrogen-bond donors (Lipinski definition) is 2. The van der Waals surface area contributed by atoms with E-state index in [2.05, 4.69) is 0 Å². The molecule has 10 heteroatoms. The van der Waals surface area contributed by atoms with Gasteiger partial charge in [-0.2, -0.15) is 13.2 Å². The molecule has 0 radical (unpaired) electrons. The predicted molar refractivity (Wildman–Crippen MR) is 78.7 cm³/mol. The smallest absolute Gasteiger partial charge is 0.391 e. The van der Waals surface area contributed by atoms with Gasteiger partial charge >= 0.3 is 12.1 Å². The highest BCUT2D eigenvalue weighted by Gasteiger charge is 2.36. The Bertz CT molecular complexity index is 621. The van der Waals surface area contributed by atoms with Gasteiger partial charge in [-0.05, 0) is 19.1 Å². The van der Waals surface area contributed by atoms with Gasteiger partial charge in [-0.25, -0.2) is 4.79 Å². The Balaban J connectivity index is 3.05. The van der Waals surface area contributed by atoms with Crippen molar-refractivity contribution in [3.8, 4) is 11.5 Å². The van der Waals surface area contributed by atoms with E-state index in [-0.39, 0.29) is 28.7 Å². The fraction of sp³-hybridized carbons (Fsp3) is 0.429. The van der Waals surface area contributed by atoms with E-state index in [1.807, 2.05) is 0 Å². The normalized spacial score (nSPS) is 12.4. The number of amides is 1. The predicted octanol–water partition coefficient (Wildman–Crippen LogP) is 2.88. The molecule has 1 unspecified atom stereocenters. The molecule has 1 rings (SSSR count). The fourth-order valence-corrected chi connectivity index (χ4v) is 2.07. The summed E-state index contributed by atoms with van der Waals surface area (Å²) in [4.78, 5) is 22.9. The summed E-state index contributed by atoms with van der Waals surface area (Å²) >= 11 is 5.96. The molecule has 0 aliphatic rings. The number of rotatable bonds is 7. The molecule has 1 atom stereocenters. The zero-order valence-corrected chi connectivity index (χ0v) is 13.5. The maximum atomic E-state index is 12.4. The molecule has 0 aliphatic carbocycles. The molecule has 0 spiro atoms. The van der Waals surface area contributed by atoms with E-state index in [1.165, 1.54) is 13.2 Å². The third-order valence-electron chi connectivity index (χ3n) is 2.82. The lowest BCUT2D eigenvalue weighted by Crippen LogP contribution is -2.43. The highest BCUT2D eigenvalue weighted by molar-refractivity contribution is 6.32. The molecule has 0 saturated carbocycles. The molecule has 1 amide bonds. The zero-order chi connectivity index (χ0) is 18.5. The first-order chi connectivity index (χ1) is 11.1. The molecule has 1 aromatic rings. The van der Waals surface area contributed by atoms with Gasteiger partial charge in [0, 0.05) is 5.56 Å². The average Bonchev–Trinajstić information content (AvgIpc) is 2.46. The molecule has 0 aliphatic heterocycles. The second-order valence-electron chi connectivity index (χ2n) is 4.61. The van der Waals surface area contributed by atoms with Crippen LogP contribution in [-0.2, 0) is 4.79 Å². The maximum Gasteiger partial charge on any atom is 0.391 e. The van der Waals surface area contributed by atoms with E-state index in [1.54, 1.807) is 12.2 Å². The van der Waals surface area contributed by atoms with Crippen molar-refractivity contribution in [2.24, 2.45) is 0 Å². The Morgan fingerprint density at radius 3 is 2.46 bits per heavy atom. The minimum atomic E-state index is -4.75. The lowest BCUT2D eigenvalue weighted by atomic mass is 10.1. The van der Waals surface area contributed by atoms with Gasteiger partial charge in [0.25, 0.3) is 5.91 Å². The molecule has 1 aromatic carbocycles. The number of alkyl halides is 3. The molecule has 6 nitrogen and oxygen atoms in total. The Kier molecular flexibility index (Phi) is 6.70. The third-order valence-corrected chi connectivity index (χ3v) is 3.10. The summed E-state index contributed by atoms with van der Waals surface area (Å²) in [6.45, 7) is 1.97. The number of aliphatic carboxylic acids is 1. The van der Waals surface area contributed by atoms with Crippen molar-refractivity contribution in [1.82, 2.24) is 5.32 Å². The Labute approximate surface area is 140 Å². The van der Waals surface area contributed by atoms with Crippen molar-refractivity contribution in [1.29, 1.82) is 0 Å². The summed E-state index contributed by atoms with van der Waals surface area (Å²) in [6, 6.07) is 0.226. The Morgan fingerprint density at radius 2 is 2.00 bits per heavy atom. The van der Waals surface area contributed by atoms with Crippen molar-refractivity contribution in [3.63, 3.8) is 0 Å². The van der Waals surface area contributed by atoms with Crippen molar-refractivity contribution in [2.75, 3.05) is 13.7 Å². The minimum Gasteiger partial charge on any atom is -0.493 e. The molecule has 24 heavy (non-hydrogen) atoms. The molecule has 0 bridgehead atoms. The molecule has 0 heterocycles. The number of carbonyl (C=O) groups is 2. The number of benzene rings is 1. The number of carboxylic acids is 1. The fourth-order valence-electron chi connectivity index (χ4n) is 1.81. The number of ether oxygens (including phenoxy) is 2. The zero-order valence-electron chi connectivity index (χ0n) is 12.7. The van der Waals surface area contributed by atoms with Gasteiger partial charge in [0.05, 0.1) is 25.2 Å². The van der Waals surface area contributed by atoms with Gasteiger partial charge in [0.15, 0.2) is 11.5 Å². The Morgan fingerprint density at radius 1 is 1.38 bits per heavy atom. The quantitative estimate of drug-likeness (QED) is 0.772. The number of carbonyl (C=O) groups excluding carboxylic acids is 1. The number of nitrogens with one attached hydrogen (secondary N) is 1. The van der Waals surface area contributed by atoms with Gasteiger partial charge in [-0.1, -0.05) is 11.6 Å². The summed E-state index contributed by atoms with van der Waals surface area (Å²) in [5.74, 6) is -2.57. The van der Waals surface area contributed by atoms with Crippen molar-refractivity contribution in [3.05, 3.63) is 22.7 Å². The van der Waals surface area contributed by atoms with Crippen LogP contribution in [0.25, 0.3) is 0 Å². The highest BCUT2D eigenvalue weighted by atomic mass is 35.5. The molecule has 134 valence electrons. The highest BCUT2D eigenvalue weighted by Crippen LogP contribution is 2.36. The summed E-state index contributed by atoms with van der Waals surface area (Å²) in [5, 5.41) is 10.6. The number of carboxylic acid groups (broad SMARTS) is 1. The van der Waals surface area contributed by atoms with Crippen molar-refractivity contribution < 1.29 is 37.3 Å². The summed E-state index contributed by atoms with van der Waals surface area (Å²) in [7, 11) is 1.29. The van der Waals surface area contributed by atoms with Crippen molar-refractivity contribution >= 4 is 23.5 Å². The van der Waals surface area contributed by atoms with Gasteiger partial charge in [-0.3, -0.25) is 4.79 Å². The lowest BCUT2D eigenvalue weighted by molar-refractivity contribution is -0.157. The first-order valence-corrected chi connectivity index (χ1v) is 7.07. The molecule has 0 saturated heterocycles. The van der Waals surface area contributed by atoms with E-state index in [9.17, 15) is 22.8 Å². The lowest BCUT2D eigenvalue weighted by Gasteiger charge is -2.17. The van der Waals surface area contributed by atoms with E-state index >= 15 is 0 Å². The largest absolute Gasteiger partial charge is 0.493 e. The van der Waals surface area contributed by atoms with Crippen LogP contribution in [0.4, 0.5) is 13.2 Å². The first-order valence-electron chi connectivity index (χ1n) is 6.69. The topological polar surface area (TPSA) is 84.9 Å². The Hall–Kier alpha value is -2.16. The first kappa shape index (κ1) is 19.9. The molecule has 0 aromatic heterocycles. The second-order valence-corrected chi connectivity index (χ2v) is 5.01. The maximum absolute atomic E-state index is 12.4. The van der Waals surface area contributed by atoms with Gasteiger partial charge in [0.1, 0.15) is 6.04 Å². The SMILES string of the molecule is CCOc1c(Cl)cc(C(=O)NC(CC(F)(F)F)C(=O)O)cc1OC. The van der Waals surface area contributed by atoms with Crippen LogP contribution in [-0.4, -0.2) is 42.9 Å². The van der Waals surface area contributed by atoms with E-state index < -0.39 is 30.5 Å². The van der Waals surface area contributed by atoms with E-state index in [0.29, 0.717) is 0 Å². The van der Waals surface area contributed by atoms with Crippen LogP contribution in [0.1, 0.15) is 23.7 Å². The van der Waals surface area contributed by atoms with Crippen LogP contribution >= 0.6 is 11.6 Å². The van der Waals surface area contributed by atoms with Crippen LogP contribution in [0.3, 0.4) is 0 Å². The summed E-state index contributed by atoms with van der Waals surface area (Å²) < 4.78 is 47.4. The average molecular weight is 370 g/mol. The van der Waals surface area contributed by atoms with E-state index in [4.69, 9.17) is 26.2 Å². The second kappa shape index (κ2) is 8.09.